The highest BCUT2D eigenvalue weighted by Gasteiger charge is 2.32. The molecule has 1 aromatic heterocycles. The van der Waals surface area contributed by atoms with Gasteiger partial charge in [-0.2, -0.15) is 5.10 Å². The van der Waals surface area contributed by atoms with Gasteiger partial charge in [-0.15, -0.1) is 11.6 Å². The molecule has 0 spiro atoms. The Bertz CT molecular complexity index is 397. The monoisotopic (exact) mass is 319 g/mol. The number of nitrogens with zero attached hydrogens (tertiary/aromatic N) is 2. The van der Waals surface area contributed by atoms with Crippen LogP contribution in [0.4, 0.5) is 0 Å². The van der Waals surface area contributed by atoms with E-state index in [1.165, 1.54) is 31.4 Å². The van der Waals surface area contributed by atoms with E-state index in [-0.39, 0.29) is 5.54 Å². The molecule has 0 amide bonds. The summed E-state index contributed by atoms with van der Waals surface area (Å²) in [5.74, 6) is 0.696. The SMILES string of the molecule is Cc1nn(C)c(CNC2(CCl)CCCC2)c1Br. The van der Waals surface area contributed by atoms with Crippen molar-refractivity contribution in [3.63, 3.8) is 0 Å². The van der Waals surface area contributed by atoms with Crippen LogP contribution >= 0.6 is 27.5 Å². The average Bonchev–Trinajstić information content (AvgIpc) is 2.86. The summed E-state index contributed by atoms with van der Waals surface area (Å²) in [4.78, 5) is 0. The molecule has 0 radical (unpaired) electrons. The van der Waals surface area contributed by atoms with Gasteiger partial charge in [-0.05, 0) is 35.7 Å². The fourth-order valence-corrected chi connectivity index (χ4v) is 3.39. The molecule has 5 heteroatoms. The molecule has 0 saturated heterocycles. The van der Waals surface area contributed by atoms with Gasteiger partial charge in [0.25, 0.3) is 0 Å². The van der Waals surface area contributed by atoms with E-state index in [1.54, 1.807) is 0 Å². The minimum Gasteiger partial charge on any atom is -0.304 e. The largest absolute Gasteiger partial charge is 0.304 e. The maximum Gasteiger partial charge on any atom is 0.0739 e. The molecule has 0 aliphatic heterocycles. The van der Waals surface area contributed by atoms with Crippen molar-refractivity contribution in [1.82, 2.24) is 15.1 Å². The van der Waals surface area contributed by atoms with Crippen LogP contribution in [-0.4, -0.2) is 21.2 Å². The molecule has 96 valence electrons. The van der Waals surface area contributed by atoms with Crippen molar-refractivity contribution >= 4 is 27.5 Å². The Hall–Kier alpha value is -0.0600. The highest BCUT2D eigenvalue weighted by molar-refractivity contribution is 9.10. The van der Waals surface area contributed by atoms with Gasteiger partial charge in [0.1, 0.15) is 0 Å². The van der Waals surface area contributed by atoms with E-state index in [1.807, 2.05) is 18.7 Å². The highest BCUT2D eigenvalue weighted by atomic mass is 79.9. The third kappa shape index (κ3) is 2.69. The van der Waals surface area contributed by atoms with E-state index in [4.69, 9.17) is 11.6 Å². The van der Waals surface area contributed by atoms with E-state index in [2.05, 4.69) is 26.3 Å². The summed E-state index contributed by atoms with van der Waals surface area (Å²) in [6, 6.07) is 0. The summed E-state index contributed by atoms with van der Waals surface area (Å²) in [7, 11) is 1.98. The summed E-state index contributed by atoms with van der Waals surface area (Å²) in [5.41, 5.74) is 2.37. The quantitative estimate of drug-likeness (QED) is 0.864. The zero-order valence-electron chi connectivity index (χ0n) is 10.4. The van der Waals surface area contributed by atoms with Gasteiger partial charge < -0.3 is 5.32 Å². The van der Waals surface area contributed by atoms with Crippen LogP contribution in [0.15, 0.2) is 4.47 Å². The Balaban J connectivity index is 2.06. The first-order chi connectivity index (χ1) is 8.08. The second-order valence-electron chi connectivity index (χ2n) is 4.94. The summed E-state index contributed by atoms with van der Waals surface area (Å²) < 4.78 is 3.04. The molecule has 1 aliphatic carbocycles. The Kier molecular flexibility index (Phi) is 4.16. The van der Waals surface area contributed by atoms with Gasteiger partial charge in [0.2, 0.25) is 0 Å². The minimum atomic E-state index is 0.138. The molecular formula is C12H19BrClN3. The normalized spacial score (nSPS) is 18.8. The third-order valence-electron chi connectivity index (χ3n) is 3.71. The molecule has 0 bridgehead atoms. The van der Waals surface area contributed by atoms with Crippen LogP contribution < -0.4 is 5.32 Å². The molecule has 1 N–H and O–H groups in total. The maximum atomic E-state index is 6.12. The van der Waals surface area contributed by atoms with E-state index < -0.39 is 0 Å². The molecule has 17 heavy (non-hydrogen) atoms. The van der Waals surface area contributed by atoms with Crippen molar-refractivity contribution in [3.05, 3.63) is 15.9 Å². The van der Waals surface area contributed by atoms with Crippen molar-refractivity contribution in [2.45, 2.75) is 44.7 Å². The molecule has 1 aliphatic rings. The summed E-state index contributed by atoms with van der Waals surface area (Å²) >= 11 is 9.71. The lowest BCUT2D eigenvalue weighted by Crippen LogP contribution is -2.44. The number of hydrogen-bond donors (Lipinski definition) is 1. The number of halogens is 2. The zero-order chi connectivity index (χ0) is 12.5. The predicted octanol–water partition coefficient (Wildman–Crippen LogP) is 3.13. The minimum absolute atomic E-state index is 0.138. The number of aryl methyl sites for hydroxylation is 2. The van der Waals surface area contributed by atoms with Crippen LogP contribution in [0.3, 0.4) is 0 Å². The molecular weight excluding hydrogens is 302 g/mol. The van der Waals surface area contributed by atoms with Crippen molar-refractivity contribution in [2.24, 2.45) is 7.05 Å². The van der Waals surface area contributed by atoms with Gasteiger partial charge in [0, 0.05) is 25.0 Å². The van der Waals surface area contributed by atoms with Crippen LogP contribution in [0.1, 0.15) is 37.1 Å². The number of nitrogens with one attached hydrogen (secondary N) is 1. The average molecular weight is 321 g/mol. The molecule has 1 fully saturated rings. The zero-order valence-corrected chi connectivity index (χ0v) is 12.7. The Morgan fingerprint density at radius 1 is 1.47 bits per heavy atom. The highest BCUT2D eigenvalue weighted by Crippen LogP contribution is 2.31. The summed E-state index contributed by atoms with van der Waals surface area (Å²) in [6.45, 7) is 2.84. The Morgan fingerprint density at radius 3 is 2.59 bits per heavy atom. The van der Waals surface area contributed by atoms with Crippen molar-refractivity contribution < 1.29 is 0 Å². The van der Waals surface area contributed by atoms with Crippen LogP contribution in [-0.2, 0) is 13.6 Å². The van der Waals surface area contributed by atoms with Gasteiger partial charge in [0.15, 0.2) is 0 Å². The second-order valence-corrected chi connectivity index (χ2v) is 6.00. The molecule has 0 unspecified atom stereocenters. The van der Waals surface area contributed by atoms with Crippen LogP contribution in [0.5, 0.6) is 0 Å². The Labute approximate surface area is 116 Å². The maximum absolute atomic E-state index is 6.12. The number of alkyl halides is 1. The first kappa shape index (κ1) is 13.4. The molecule has 2 rings (SSSR count). The topological polar surface area (TPSA) is 29.9 Å². The van der Waals surface area contributed by atoms with Crippen LogP contribution in [0.25, 0.3) is 0 Å². The third-order valence-corrected chi connectivity index (χ3v) is 5.25. The van der Waals surface area contributed by atoms with Crippen molar-refractivity contribution in [1.29, 1.82) is 0 Å². The summed E-state index contributed by atoms with van der Waals surface area (Å²) in [5, 5.41) is 8.03. The van der Waals surface area contributed by atoms with E-state index in [0.29, 0.717) is 5.88 Å². The van der Waals surface area contributed by atoms with Crippen LogP contribution in [0.2, 0.25) is 0 Å². The molecule has 1 saturated carbocycles. The fraction of sp³-hybridized carbons (Fsp3) is 0.750. The second kappa shape index (κ2) is 5.29. The molecule has 1 aromatic rings. The lowest BCUT2D eigenvalue weighted by molar-refractivity contribution is 0.362. The van der Waals surface area contributed by atoms with E-state index in [9.17, 15) is 0 Å². The lowest BCUT2D eigenvalue weighted by atomic mass is 10.0. The number of aromatic nitrogens is 2. The van der Waals surface area contributed by atoms with Gasteiger partial charge in [-0.1, -0.05) is 12.8 Å². The Morgan fingerprint density at radius 2 is 2.12 bits per heavy atom. The van der Waals surface area contributed by atoms with E-state index >= 15 is 0 Å². The molecule has 0 atom stereocenters. The number of hydrogen-bond acceptors (Lipinski definition) is 2. The molecule has 1 heterocycles. The predicted molar refractivity (Wildman–Crippen MR) is 74.4 cm³/mol. The van der Waals surface area contributed by atoms with E-state index in [0.717, 1.165) is 16.7 Å². The van der Waals surface area contributed by atoms with Gasteiger partial charge in [-0.25, -0.2) is 0 Å². The van der Waals surface area contributed by atoms with Crippen molar-refractivity contribution in [2.75, 3.05) is 5.88 Å². The molecule has 3 nitrogen and oxygen atoms in total. The fourth-order valence-electron chi connectivity index (χ4n) is 2.55. The lowest BCUT2D eigenvalue weighted by Gasteiger charge is -2.28. The smallest absolute Gasteiger partial charge is 0.0739 e. The standard InChI is InChI=1S/C12H19BrClN3/c1-9-11(13)10(17(2)16-9)7-15-12(8-14)5-3-4-6-12/h15H,3-8H2,1-2H3. The summed E-state index contributed by atoms with van der Waals surface area (Å²) in [6.07, 6.45) is 4.94. The first-order valence-electron chi connectivity index (χ1n) is 6.07. The van der Waals surface area contributed by atoms with Gasteiger partial charge in [0.05, 0.1) is 15.9 Å². The first-order valence-corrected chi connectivity index (χ1v) is 7.40. The van der Waals surface area contributed by atoms with Crippen LogP contribution in [0, 0.1) is 6.92 Å². The van der Waals surface area contributed by atoms with Crippen molar-refractivity contribution in [3.8, 4) is 0 Å². The molecule has 0 aromatic carbocycles. The van der Waals surface area contributed by atoms with Gasteiger partial charge >= 0.3 is 0 Å². The number of rotatable bonds is 4. The van der Waals surface area contributed by atoms with Gasteiger partial charge in [-0.3, -0.25) is 4.68 Å².